The Hall–Kier alpha value is -2.22. The van der Waals surface area contributed by atoms with Gasteiger partial charge in [0.05, 0.1) is 15.4 Å². The molecule has 0 unspecified atom stereocenters. The van der Waals surface area contributed by atoms with Gasteiger partial charge in [-0.05, 0) is 12.1 Å². The van der Waals surface area contributed by atoms with Crippen LogP contribution in [0.5, 0.6) is 0 Å². The summed E-state index contributed by atoms with van der Waals surface area (Å²) in [6.45, 7) is 5.85. The summed E-state index contributed by atoms with van der Waals surface area (Å²) in [5.74, 6) is -0.491. The zero-order chi connectivity index (χ0) is 16.8. The SMILES string of the molecule is CC(C)(C)C1=NOC(=O)C1=C1Sc2c(C#N)ccc(C#N)c2S1. The van der Waals surface area contributed by atoms with Gasteiger partial charge in [-0.3, -0.25) is 0 Å². The van der Waals surface area contributed by atoms with Gasteiger partial charge in [-0.25, -0.2) is 4.79 Å². The summed E-state index contributed by atoms with van der Waals surface area (Å²) in [7, 11) is 0. The van der Waals surface area contributed by atoms with Gasteiger partial charge in [0, 0.05) is 15.2 Å². The number of nitrogens with zero attached hydrogens (tertiary/aromatic N) is 3. The zero-order valence-corrected chi connectivity index (χ0v) is 14.3. The van der Waals surface area contributed by atoms with Crippen LogP contribution in [0.25, 0.3) is 0 Å². The van der Waals surface area contributed by atoms with Gasteiger partial charge >= 0.3 is 5.97 Å². The van der Waals surface area contributed by atoms with Crippen LogP contribution in [0.15, 0.2) is 36.9 Å². The molecule has 0 atom stereocenters. The lowest BCUT2D eigenvalue weighted by atomic mass is 9.86. The summed E-state index contributed by atoms with van der Waals surface area (Å²) < 4.78 is 0.704. The van der Waals surface area contributed by atoms with Gasteiger partial charge in [0.2, 0.25) is 0 Å². The molecule has 0 spiro atoms. The second kappa shape index (κ2) is 5.45. The van der Waals surface area contributed by atoms with E-state index in [9.17, 15) is 15.3 Å². The topological polar surface area (TPSA) is 86.2 Å². The van der Waals surface area contributed by atoms with E-state index >= 15 is 0 Å². The highest BCUT2D eigenvalue weighted by Crippen LogP contribution is 2.55. The van der Waals surface area contributed by atoms with Crippen LogP contribution >= 0.6 is 23.5 Å². The predicted octanol–water partition coefficient (Wildman–Crippen LogP) is 3.80. The first-order valence-corrected chi connectivity index (χ1v) is 8.37. The molecule has 0 aliphatic carbocycles. The lowest BCUT2D eigenvalue weighted by molar-refractivity contribution is -0.136. The maximum atomic E-state index is 12.1. The molecule has 0 radical (unpaired) electrons. The Morgan fingerprint density at radius 3 is 2.04 bits per heavy atom. The van der Waals surface area contributed by atoms with E-state index in [1.165, 1.54) is 23.5 Å². The first-order chi connectivity index (χ1) is 10.9. The molecule has 2 aliphatic heterocycles. The maximum Gasteiger partial charge on any atom is 0.369 e. The van der Waals surface area contributed by atoms with Crippen molar-refractivity contribution in [2.45, 2.75) is 30.6 Å². The number of fused-ring (bicyclic) bond motifs is 1. The summed E-state index contributed by atoms with van der Waals surface area (Å²) in [6, 6.07) is 7.52. The number of nitriles is 2. The van der Waals surface area contributed by atoms with Crippen molar-refractivity contribution in [3.05, 3.63) is 33.1 Å². The fraction of sp³-hybridized carbons (Fsp3) is 0.250. The van der Waals surface area contributed by atoms with Crippen LogP contribution in [0.2, 0.25) is 0 Å². The Bertz CT molecular complexity index is 835. The van der Waals surface area contributed by atoms with Crippen LogP contribution in [-0.2, 0) is 9.63 Å². The summed E-state index contributed by atoms with van der Waals surface area (Å²) in [5.41, 5.74) is 1.65. The average Bonchev–Trinajstić information content (AvgIpc) is 3.08. The molecule has 2 heterocycles. The lowest BCUT2D eigenvalue weighted by Gasteiger charge is -2.17. The summed E-state index contributed by atoms with van der Waals surface area (Å²) in [6.07, 6.45) is 0. The van der Waals surface area contributed by atoms with E-state index < -0.39 is 5.97 Å². The number of hydrogen-bond acceptors (Lipinski definition) is 7. The molecule has 0 amide bonds. The van der Waals surface area contributed by atoms with Crippen molar-refractivity contribution < 1.29 is 9.63 Å². The van der Waals surface area contributed by atoms with Crippen molar-refractivity contribution >= 4 is 35.2 Å². The van der Waals surface area contributed by atoms with Gasteiger partial charge in [-0.1, -0.05) is 49.5 Å². The van der Waals surface area contributed by atoms with Gasteiger partial charge in [0.1, 0.15) is 23.4 Å². The highest BCUT2D eigenvalue weighted by Gasteiger charge is 2.39. The molecule has 0 aromatic heterocycles. The van der Waals surface area contributed by atoms with E-state index in [1.807, 2.05) is 20.8 Å². The van der Waals surface area contributed by atoms with Gasteiger partial charge in [0.25, 0.3) is 0 Å². The van der Waals surface area contributed by atoms with Crippen molar-refractivity contribution in [2.24, 2.45) is 10.6 Å². The number of rotatable bonds is 0. The third-order valence-electron chi connectivity index (χ3n) is 3.32. The van der Waals surface area contributed by atoms with Crippen molar-refractivity contribution in [1.29, 1.82) is 10.5 Å². The second-order valence-corrected chi connectivity index (χ2v) is 8.28. The second-order valence-electron chi connectivity index (χ2n) is 5.98. The fourth-order valence-corrected chi connectivity index (χ4v) is 4.92. The molecule has 1 aromatic carbocycles. The van der Waals surface area contributed by atoms with E-state index in [1.54, 1.807) is 12.1 Å². The fourth-order valence-electron chi connectivity index (χ4n) is 2.22. The largest absolute Gasteiger partial charge is 0.369 e. The van der Waals surface area contributed by atoms with Crippen LogP contribution in [0.4, 0.5) is 0 Å². The number of thioether (sulfide) groups is 2. The average molecular weight is 341 g/mol. The Morgan fingerprint density at radius 2 is 1.61 bits per heavy atom. The molecule has 5 nitrogen and oxygen atoms in total. The van der Waals surface area contributed by atoms with Crippen molar-refractivity contribution in [1.82, 2.24) is 0 Å². The molecule has 1 aromatic rings. The normalized spacial score (nSPS) is 16.6. The van der Waals surface area contributed by atoms with Crippen LogP contribution in [-0.4, -0.2) is 11.7 Å². The predicted molar refractivity (Wildman–Crippen MR) is 87.6 cm³/mol. The van der Waals surface area contributed by atoms with Crippen LogP contribution in [0, 0.1) is 28.1 Å². The number of carbonyl (C=O) groups excluding carboxylic acids is 1. The first kappa shape index (κ1) is 15.7. The monoisotopic (exact) mass is 341 g/mol. The highest BCUT2D eigenvalue weighted by atomic mass is 32.2. The Kier molecular flexibility index (Phi) is 3.71. The molecule has 3 rings (SSSR count). The van der Waals surface area contributed by atoms with E-state index in [2.05, 4.69) is 17.3 Å². The standard InChI is InChI=1S/C16H11N3O2S2/c1-16(2,3)13-10(14(20)21-19-13)15-22-11-8(6-17)4-5-9(7-18)12(11)23-15/h4-5H,1-3H3. The molecule has 23 heavy (non-hydrogen) atoms. The molecular formula is C16H11N3O2S2. The maximum absolute atomic E-state index is 12.1. The molecule has 2 aliphatic rings. The summed E-state index contributed by atoms with van der Waals surface area (Å²) in [4.78, 5) is 18.4. The minimum Gasteiger partial charge on any atom is -0.312 e. The van der Waals surface area contributed by atoms with Gasteiger partial charge in [0.15, 0.2) is 0 Å². The molecule has 0 N–H and O–H groups in total. The van der Waals surface area contributed by atoms with Crippen LogP contribution in [0.3, 0.4) is 0 Å². The first-order valence-electron chi connectivity index (χ1n) is 6.74. The molecule has 0 saturated heterocycles. The number of carbonyl (C=O) groups is 1. The Morgan fingerprint density at radius 1 is 1.09 bits per heavy atom. The van der Waals surface area contributed by atoms with Crippen molar-refractivity contribution in [2.75, 3.05) is 0 Å². The number of hydrogen-bond donors (Lipinski definition) is 0. The highest BCUT2D eigenvalue weighted by molar-refractivity contribution is 8.24. The van der Waals surface area contributed by atoms with Crippen LogP contribution in [0.1, 0.15) is 31.9 Å². The number of oxime groups is 1. The summed E-state index contributed by atoms with van der Waals surface area (Å²) in [5, 5.41) is 22.4. The van der Waals surface area contributed by atoms with Gasteiger partial charge < -0.3 is 4.84 Å². The minimum atomic E-state index is -0.491. The molecule has 0 bridgehead atoms. The zero-order valence-electron chi connectivity index (χ0n) is 12.6. The van der Waals surface area contributed by atoms with Gasteiger partial charge in [-0.15, -0.1) is 0 Å². The third-order valence-corrected chi connectivity index (χ3v) is 5.98. The van der Waals surface area contributed by atoms with E-state index in [0.29, 0.717) is 36.4 Å². The minimum absolute atomic E-state index is 0.347. The van der Waals surface area contributed by atoms with E-state index in [-0.39, 0.29) is 5.41 Å². The van der Waals surface area contributed by atoms with Crippen LogP contribution < -0.4 is 0 Å². The number of benzene rings is 1. The molecule has 114 valence electrons. The van der Waals surface area contributed by atoms with Crippen molar-refractivity contribution in [3.63, 3.8) is 0 Å². The summed E-state index contributed by atoms with van der Waals surface area (Å²) >= 11 is 2.65. The van der Waals surface area contributed by atoms with Gasteiger partial charge in [-0.2, -0.15) is 10.5 Å². The Labute approximate surface area is 142 Å². The molecule has 0 saturated carbocycles. The van der Waals surface area contributed by atoms with E-state index in [4.69, 9.17) is 4.84 Å². The molecule has 0 fully saturated rings. The lowest BCUT2D eigenvalue weighted by Crippen LogP contribution is -2.22. The van der Waals surface area contributed by atoms with E-state index in [0.717, 1.165) is 0 Å². The third kappa shape index (κ3) is 2.52. The quantitative estimate of drug-likeness (QED) is 0.527. The molecular weight excluding hydrogens is 330 g/mol. The molecule has 7 heteroatoms. The van der Waals surface area contributed by atoms with Crippen molar-refractivity contribution in [3.8, 4) is 12.1 Å². The Balaban J connectivity index is 2.15. The smallest absolute Gasteiger partial charge is 0.312 e.